The summed E-state index contributed by atoms with van der Waals surface area (Å²) in [7, 11) is 0. The average molecular weight is 189 g/mol. The second-order valence-electron chi connectivity index (χ2n) is 3.80. The zero-order chi connectivity index (χ0) is 8.84. The molecule has 1 aromatic carbocycles. The van der Waals surface area contributed by atoms with E-state index in [0.29, 0.717) is 0 Å². The number of hydrogen-bond acceptors (Lipinski definition) is 2. The number of fused-ring (bicyclic) bond motifs is 1. The van der Waals surface area contributed by atoms with Gasteiger partial charge in [-0.05, 0) is 37.5 Å². The molecule has 1 heterocycles. The van der Waals surface area contributed by atoms with Gasteiger partial charge in [-0.15, -0.1) is 11.3 Å². The van der Waals surface area contributed by atoms with Gasteiger partial charge >= 0.3 is 0 Å². The highest BCUT2D eigenvalue weighted by Crippen LogP contribution is 2.43. The molecule has 3 rings (SSSR count). The van der Waals surface area contributed by atoms with Crippen LogP contribution in [-0.2, 0) is 0 Å². The molecular weight excluding hydrogens is 178 g/mol. The minimum Gasteiger partial charge on any atom is -0.241 e. The van der Waals surface area contributed by atoms with Gasteiger partial charge in [0.2, 0.25) is 0 Å². The summed E-state index contributed by atoms with van der Waals surface area (Å²) in [4.78, 5) is 4.63. The first kappa shape index (κ1) is 7.51. The molecule has 13 heavy (non-hydrogen) atoms. The maximum Gasteiger partial charge on any atom is 0.0969 e. The summed E-state index contributed by atoms with van der Waals surface area (Å²) >= 11 is 1.87. The maximum atomic E-state index is 4.63. The molecule has 0 bridgehead atoms. The summed E-state index contributed by atoms with van der Waals surface area (Å²) in [6, 6.07) is 6.50. The van der Waals surface area contributed by atoms with Gasteiger partial charge in [-0.1, -0.05) is 6.07 Å². The van der Waals surface area contributed by atoms with Gasteiger partial charge in [-0.25, -0.2) is 4.98 Å². The molecule has 1 aliphatic carbocycles. The van der Waals surface area contributed by atoms with Crippen LogP contribution in [0.4, 0.5) is 0 Å². The quantitative estimate of drug-likeness (QED) is 0.669. The maximum absolute atomic E-state index is 4.63. The van der Waals surface area contributed by atoms with Crippen LogP contribution in [0.2, 0.25) is 0 Å². The second kappa shape index (κ2) is 2.55. The molecule has 1 saturated carbocycles. The van der Waals surface area contributed by atoms with Crippen molar-refractivity contribution < 1.29 is 0 Å². The lowest BCUT2D eigenvalue weighted by Crippen LogP contribution is -1.74. The summed E-state index contributed by atoms with van der Waals surface area (Å²) in [6.45, 7) is 2.13. The lowest BCUT2D eigenvalue weighted by molar-refractivity contribution is 1.10. The molecule has 0 amide bonds. The predicted octanol–water partition coefficient (Wildman–Crippen LogP) is 3.48. The molecule has 66 valence electrons. The molecule has 1 aliphatic rings. The molecule has 1 aromatic heterocycles. The first-order valence-electron chi connectivity index (χ1n) is 4.70. The second-order valence-corrected chi connectivity index (χ2v) is 4.86. The summed E-state index contributed by atoms with van der Waals surface area (Å²) < 4.78 is 1.35. The van der Waals surface area contributed by atoms with Crippen LogP contribution < -0.4 is 0 Å². The van der Waals surface area contributed by atoms with E-state index in [2.05, 4.69) is 30.1 Å². The highest BCUT2D eigenvalue weighted by Gasteiger charge is 2.26. The van der Waals surface area contributed by atoms with E-state index in [1.807, 2.05) is 11.3 Å². The summed E-state index contributed by atoms with van der Waals surface area (Å²) in [5.74, 6) is 0.790. The van der Waals surface area contributed by atoms with E-state index in [0.717, 1.165) is 5.92 Å². The third kappa shape index (κ3) is 1.25. The van der Waals surface area contributed by atoms with Crippen LogP contribution in [0.25, 0.3) is 10.2 Å². The number of nitrogens with zero attached hydrogens (tertiary/aromatic N) is 1. The molecule has 0 atom stereocenters. The minimum atomic E-state index is 0.790. The van der Waals surface area contributed by atoms with Crippen molar-refractivity contribution in [3.05, 3.63) is 28.8 Å². The Morgan fingerprint density at radius 3 is 3.00 bits per heavy atom. The SMILES string of the molecule is Cc1ccc2nc(C3CC3)sc2c1. The van der Waals surface area contributed by atoms with Gasteiger partial charge in [0.05, 0.1) is 15.2 Å². The molecule has 0 spiro atoms. The molecule has 1 nitrogen and oxygen atoms in total. The Bertz CT molecular complexity index is 454. The largest absolute Gasteiger partial charge is 0.241 e. The van der Waals surface area contributed by atoms with Crippen LogP contribution in [-0.4, -0.2) is 4.98 Å². The smallest absolute Gasteiger partial charge is 0.0969 e. The Hall–Kier alpha value is -0.890. The zero-order valence-electron chi connectivity index (χ0n) is 7.58. The Morgan fingerprint density at radius 2 is 2.23 bits per heavy atom. The van der Waals surface area contributed by atoms with E-state index in [4.69, 9.17) is 0 Å². The van der Waals surface area contributed by atoms with Crippen molar-refractivity contribution in [1.82, 2.24) is 4.98 Å². The average Bonchev–Trinajstić information content (AvgIpc) is 2.87. The van der Waals surface area contributed by atoms with Crippen molar-refractivity contribution >= 4 is 21.6 Å². The number of aromatic nitrogens is 1. The molecule has 0 aliphatic heterocycles. The zero-order valence-corrected chi connectivity index (χ0v) is 8.40. The van der Waals surface area contributed by atoms with Crippen molar-refractivity contribution in [1.29, 1.82) is 0 Å². The standard InChI is InChI=1S/C11H11NS/c1-7-2-5-9-10(6-7)13-11(12-9)8-3-4-8/h2,5-6,8H,3-4H2,1H3. The topological polar surface area (TPSA) is 12.9 Å². The fourth-order valence-corrected chi connectivity index (χ4v) is 2.79. The third-order valence-corrected chi connectivity index (χ3v) is 3.67. The summed E-state index contributed by atoms with van der Waals surface area (Å²) in [5.41, 5.74) is 2.51. The fraction of sp³-hybridized carbons (Fsp3) is 0.364. The molecule has 0 radical (unpaired) electrons. The van der Waals surface area contributed by atoms with Crippen LogP contribution in [0.3, 0.4) is 0 Å². The molecule has 1 fully saturated rings. The number of aryl methyl sites for hydroxylation is 1. The number of thiazole rings is 1. The van der Waals surface area contributed by atoms with E-state index in [1.54, 1.807) is 0 Å². The summed E-state index contributed by atoms with van der Waals surface area (Å²) in [6.07, 6.45) is 2.69. The van der Waals surface area contributed by atoms with Crippen LogP contribution in [0.1, 0.15) is 29.3 Å². The lowest BCUT2D eigenvalue weighted by Gasteiger charge is -1.88. The number of benzene rings is 1. The van der Waals surface area contributed by atoms with Gasteiger partial charge in [0.1, 0.15) is 0 Å². The minimum absolute atomic E-state index is 0.790. The van der Waals surface area contributed by atoms with Crippen molar-refractivity contribution in [2.75, 3.05) is 0 Å². The molecule has 0 unspecified atom stereocenters. The Balaban J connectivity index is 2.20. The Labute approximate surface area is 81.4 Å². The van der Waals surface area contributed by atoms with Crippen molar-refractivity contribution in [3.8, 4) is 0 Å². The van der Waals surface area contributed by atoms with Crippen LogP contribution in [0, 0.1) is 6.92 Å². The molecule has 0 N–H and O–H groups in total. The van der Waals surface area contributed by atoms with Gasteiger partial charge in [0.25, 0.3) is 0 Å². The predicted molar refractivity (Wildman–Crippen MR) is 56.3 cm³/mol. The van der Waals surface area contributed by atoms with E-state index in [9.17, 15) is 0 Å². The lowest BCUT2D eigenvalue weighted by atomic mass is 10.2. The van der Waals surface area contributed by atoms with Crippen molar-refractivity contribution in [2.45, 2.75) is 25.7 Å². The van der Waals surface area contributed by atoms with Gasteiger partial charge in [-0.3, -0.25) is 0 Å². The van der Waals surface area contributed by atoms with E-state index >= 15 is 0 Å². The third-order valence-electron chi connectivity index (χ3n) is 2.49. The highest BCUT2D eigenvalue weighted by molar-refractivity contribution is 7.18. The van der Waals surface area contributed by atoms with E-state index in [1.165, 1.54) is 33.6 Å². The van der Waals surface area contributed by atoms with Gasteiger partial charge < -0.3 is 0 Å². The van der Waals surface area contributed by atoms with Crippen LogP contribution >= 0.6 is 11.3 Å². The normalized spacial score (nSPS) is 16.7. The molecule has 0 saturated heterocycles. The van der Waals surface area contributed by atoms with Crippen molar-refractivity contribution in [3.63, 3.8) is 0 Å². The highest BCUT2D eigenvalue weighted by atomic mass is 32.1. The first-order valence-corrected chi connectivity index (χ1v) is 5.52. The van der Waals surface area contributed by atoms with Crippen LogP contribution in [0.5, 0.6) is 0 Å². The molecule has 2 heteroatoms. The van der Waals surface area contributed by atoms with Gasteiger partial charge in [-0.2, -0.15) is 0 Å². The molecule has 2 aromatic rings. The first-order chi connectivity index (χ1) is 6.33. The van der Waals surface area contributed by atoms with Crippen molar-refractivity contribution in [2.24, 2.45) is 0 Å². The Morgan fingerprint density at radius 1 is 1.38 bits per heavy atom. The van der Waals surface area contributed by atoms with Gasteiger partial charge in [0.15, 0.2) is 0 Å². The van der Waals surface area contributed by atoms with Gasteiger partial charge in [0, 0.05) is 5.92 Å². The monoisotopic (exact) mass is 189 g/mol. The van der Waals surface area contributed by atoms with E-state index < -0.39 is 0 Å². The molecular formula is C11H11NS. The fourth-order valence-electron chi connectivity index (χ4n) is 1.55. The number of rotatable bonds is 1. The Kier molecular flexibility index (Phi) is 1.47. The van der Waals surface area contributed by atoms with E-state index in [-0.39, 0.29) is 0 Å². The van der Waals surface area contributed by atoms with Crippen LogP contribution in [0.15, 0.2) is 18.2 Å². The summed E-state index contributed by atoms with van der Waals surface area (Å²) in [5, 5.41) is 1.35. The number of hydrogen-bond donors (Lipinski definition) is 0.